The third-order valence-corrected chi connectivity index (χ3v) is 6.46. The third-order valence-electron chi connectivity index (χ3n) is 4.67. The van der Waals surface area contributed by atoms with Gasteiger partial charge in [-0.2, -0.15) is 5.10 Å². The first kappa shape index (κ1) is 23.4. The molecular formula is C22H29N3O4S. The second-order valence-electron chi connectivity index (χ2n) is 8.01. The summed E-state index contributed by atoms with van der Waals surface area (Å²) in [5, 5.41) is 4.11. The van der Waals surface area contributed by atoms with Crippen LogP contribution in [-0.2, 0) is 14.8 Å². The number of sulfonamides is 1. The van der Waals surface area contributed by atoms with E-state index in [4.69, 9.17) is 4.74 Å². The number of hydrogen-bond acceptors (Lipinski definition) is 5. The standard InChI is InChI=1S/C22H29N3O4S/c1-16-10-12-20(13-11-16)30(27,28)25(18-8-7-9-19(14-18)29-6)15-21(26)24-23-17(2)22(3,4)5/h7-14H,15H2,1-6H3,(H,24,26)/b23-17-. The fraction of sp³-hybridized carbons (Fsp3) is 0.364. The SMILES string of the molecule is COc1cccc(N(CC(=O)N/N=C(/C)C(C)(C)C)S(=O)(=O)c2ccc(C)cc2)c1. The van der Waals surface area contributed by atoms with Crippen LogP contribution in [0.5, 0.6) is 5.75 Å². The zero-order chi connectivity index (χ0) is 22.5. The van der Waals surface area contributed by atoms with Crippen LogP contribution >= 0.6 is 0 Å². The molecule has 2 aromatic rings. The van der Waals surface area contributed by atoms with Gasteiger partial charge in [-0.3, -0.25) is 9.10 Å². The highest BCUT2D eigenvalue weighted by Crippen LogP contribution is 2.27. The number of aryl methyl sites for hydroxylation is 1. The summed E-state index contributed by atoms with van der Waals surface area (Å²) in [6, 6.07) is 13.0. The van der Waals surface area contributed by atoms with E-state index in [1.54, 1.807) is 36.4 Å². The minimum atomic E-state index is -3.99. The lowest BCUT2D eigenvalue weighted by molar-refractivity contribution is -0.119. The zero-order valence-electron chi connectivity index (χ0n) is 18.3. The number of nitrogens with zero attached hydrogens (tertiary/aromatic N) is 2. The first-order valence-electron chi connectivity index (χ1n) is 9.52. The zero-order valence-corrected chi connectivity index (χ0v) is 19.1. The van der Waals surface area contributed by atoms with Crippen LogP contribution in [0.1, 0.15) is 33.3 Å². The van der Waals surface area contributed by atoms with Crippen LogP contribution in [0.15, 0.2) is 58.5 Å². The molecule has 0 aliphatic carbocycles. The Morgan fingerprint density at radius 1 is 1.13 bits per heavy atom. The average molecular weight is 432 g/mol. The number of ether oxygens (including phenoxy) is 1. The van der Waals surface area contributed by atoms with Gasteiger partial charge >= 0.3 is 0 Å². The van der Waals surface area contributed by atoms with Gasteiger partial charge in [-0.05, 0) is 38.1 Å². The van der Waals surface area contributed by atoms with Gasteiger partial charge in [-0.15, -0.1) is 0 Å². The van der Waals surface area contributed by atoms with Gasteiger partial charge in [-0.25, -0.2) is 13.8 Å². The van der Waals surface area contributed by atoms with Crippen LogP contribution in [0.4, 0.5) is 5.69 Å². The monoisotopic (exact) mass is 431 g/mol. The molecule has 0 aliphatic heterocycles. The predicted octanol–water partition coefficient (Wildman–Crippen LogP) is 3.74. The van der Waals surface area contributed by atoms with E-state index >= 15 is 0 Å². The van der Waals surface area contributed by atoms with Gasteiger partial charge in [0.1, 0.15) is 12.3 Å². The molecule has 0 bridgehead atoms. The number of carbonyl (C=O) groups is 1. The van der Waals surface area contributed by atoms with Crippen LogP contribution in [0.3, 0.4) is 0 Å². The molecule has 0 spiro atoms. The molecule has 0 heterocycles. The van der Waals surface area contributed by atoms with E-state index in [2.05, 4.69) is 10.5 Å². The van der Waals surface area contributed by atoms with Crippen molar-refractivity contribution in [3.05, 3.63) is 54.1 Å². The van der Waals surface area contributed by atoms with Crippen molar-refractivity contribution in [2.24, 2.45) is 10.5 Å². The molecule has 30 heavy (non-hydrogen) atoms. The Morgan fingerprint density at radius 2 is 1.77 bits per heavy atom. The van der Waals surface area contributed by atoms with Gasteiger partial charge in [0, 0.05) is 17.2 Å². The smallest absolute Gasteiger partial charge is 0.264 e. The van der Waals surface area contributed by atoms with Gasteiger partial charge in [0.25, 0.3) is 15.9 Å². The van der Waals surface area contributed by atoms with Crippen molar-refractivity contribution in [3.8, 4) is 5.75 Å². The predicted molar refractivity (Wildman–Crippen MR) is 119 cm³/mol. The molecule has 8 heteroatoms. The van der Waals surface area contributed by atoms with E-state index in [9.17, 15) is 13.2 Å². The molecule has 162 valence electrons. The quantitative estimate of drug-likeness (QED) is 0.534. The molecular weight excluding hydrogens is 402 g/mol. The number of anilines is 1. The van der Waals surface area contributed by atoms with Crippen molar-refractivity contribution >= 4 is 27.3 Å². The minimum absolute atomic E-state index is 0.0955. The van der Waals surface area contributed by atoms with E-state index in [1.165, 1.54) is 19.2 Å². The fourth-order valence-corrected chi connectivity index (χ4v) is 3.81. The number of carbonyl (C=O) groups excluding carboxylic acids is 1. The highest BCUT2D eigenvalue weighted by molar-refractivity contribution is 7.92. The molecule has 0 saturated heterocycles. The molecule has 2 rings (SSSR count). The summed E-state index contributed by atoms with van der Waals surface area (Å²) in [7, 11) is -2.49. The number of nitrogens with one attached hydrogen (secondary N) is 1. The van der Waals surface area contributed by atoms with Crippen molar-refractivity contribution < 1.29 is 17.9 Å². The topological polar surface area (TPSA) is 88.1 Å². The Hall–Kier alpha value is -2.87. The van der Waals surface area contributed by atoms with Crippen LogP contribution in [0.2, 0.25) is 0 Å². The second-order valence-corrected chi connectivity index (χ2v) is 9.87. The van der Waals surface area contributed by atoms with Crippen LogP contribution in [0, 0.1) is 12.3 Å². The van der Waals surface area contributed by atoms with E-state index < -0.39 is 22.5 Å². The maximum absolute atomic E-state index is 13.3. The van der Waals surface area contributed by atoms with Crippen molar-refractivity contribution in [2.45, 2.75) is 39.5 Å². The molecule has 0 unspecified atom stereocenters. The summed E-state index contributed by atoms with van der Waals surface area (Å²) in [5.74, 6) is -0.0595. The maximum Gasteiger partial charge on any atom is 0.264 e. The number of rotatable bonds is 7. The summed E-state index contributed by atoms with van der Waals surface area (Å²) in [6.07, 6.45) is 0. The molecule has 0 radical (unpaired) electrons. The summed E-state index contributed by atoms with van der Waals surface area (Å²) in [4.78, 5) is 12.7. The molecule has 7 nitrogen and oxygen atoms in total. The van der Waals surface area contributed by atoms with Crippen molar-refractivity contribution in [3.63, 3.8) is 0 Å². The van der Waals surface area contributed by atoms with Crippen molar-refractivity contribution in [2.75, 3.05) is 18.0 Å². The Kier molecular flexibility index (Phi) is 7.25. The summed E-state index contributed by atoms with van der Waals surface area (Å²) < 4.78 is 33.0. The molecule has 1 N–H and O–H groups in total. The highest BCUT2D eigenvalue weighted by atomic mass is 32.2. The maximum atomic E-state index is 13.3. The first-order valence-corrected chi connectivity index (χ1v) is 11.0. The van der Waals surface area contributed by atoms with Crippen molar-refractivity contribution in [1.82, 2.24) is 5.43 Å². The lowest BCUT2D eigenvalue weighted by atomic mass is 9.91. The lowest BCUT2D eigenvalue weighted by Gasteiger charge is -2.24. The number of methoxy groups -OCH3 is 1. The Balaban J connectivity index is 2.41. The number of hydrazone groups is 1. The minimum Gasteiger partial charge on any atom is -0.497 e. The molecule has 2 aromatic carbocycles. The van der Waals surface area contributed by atoms with E-state index in [0.717, 1.165) is 15.6 Å². The Morgan fingerprint density at radius 3 is 2.33 bits per heavy atom. The molecule has 0 saturated carbocycles. The molecule has 0 aliphatic rings. The Bertz CT molecular complexity index is 1020. The van der Waals surface area contributed by atoms with Gasteiger partial charge in [0.2, 0.25) is 0 Å². The van der Waals surface area contributed by atoms with Crippen LogP contribution in [-0.4, -0.2) is 33.7 Å². The molecule has 0 fully saturated rings. The molecule has 0 aromatic heterocycles. The largest absolute Gasteiger partial charge is 0.497 e. The summed E-state index contributed by atoms with van der Waals surface area (Å²) in [6.45, 7) is 9.18. The normalized spacial score (nSPS) is 12.4. The Labute approximate surface area is 178 Å². The fourth-order valence-electron chi connectivity index (χ4n) is 2.40. The third kappa shape index (κ3) is 5.82. The van der Waals surface area contributed by atoms with Gasteiger partial charge < -0.3 is 4.74 Å². The van der Waals surface area contributed by atoms with E-state index in [0.29, 0.717) is 11.4 Å². The number of amides is 1. The van der Waals surface area contributed by atoms with Crippen LogP contribution < -0.4 is 14.5 Å². The molecule has 0 atom stereocenters. The average Bonchev–Trinajstić information content (AvgIpc) is 2.69. The second kappa shape index (κ2) is 9.30. The van der Waals surface area contributed by atoms with E-state index in [-0.39, 0.29) is 10.3 Å². The summed E-state index contributed by atoms with van der Waals surface area (Å²) >= 11 is 0. The van der Waals surface area contributed by atoms with Gasteiger partial charge in [0.15, 0.2) is 0 Å². The summed E-state index contributed by atoms with van der Waals surface area (Å²) in [5.41, 5.74) is 4.23. The lowest BCUT2D eigenvalue weighted by Crippen LogP contribution is -2.40. The highest BCUT2D eigenvalue weighted by Gasteiger charge is 2.27. The molecule has 1 amide bonds. The van der Waals surface area contributed by atoms with Gasteiger partial charge in [0.05, 0.1) is 17.7 Å². The first-order chi connectivity index (χ1) is 13.9. The van der Waals surface area contributed by atoms with Gasteiger partial charge in [-0.1, -0.05) is 44.5 Å². The number of benzene rings is 2. The van der Waals surface area contributed by atoms with E-state index in [1.807, 2.05) is 34.6 Å². The van der Waals surface area contributed by atoms with Crippen molar-refractivity contribution in [1.29, 1.82) is 0 Å². The van der Waals surface area contributed by atoms with Crippen LogP contribution in [0.25, 0.3) is 0 Å². The number of hydrogen-bond donors (Lipinski definition) is 1.